The summed E-state index contributed by atoms with van der Waals surface area (Å²) in [7, 11) is 3.67. The van der Waals surface area contributed by atoms with Gasteiger partial charge in [0, 0.05) is 75.4 Å². The van der Waals surface area contributed by atoms with Crippen molar-refractivity contribution in [2.75, 3.05) is 56.5 Å². The zero-order valence-electron chi connectivity index (χ0n) is 28.4. The number of halogens is 1. The number of likely N-dealkylation sites (N-methyl/N-ethyl adjacent to an activating group) is 1. The van der Waals surface area contributed by atoms with E-state index in [0.717, 1.165) is 80.9 Å². The molecule has 1 aromatic heterocycles. The summed E-state index contributed by atoms with van der Waals surface area (Å²) in [6.45, 7) is 7.21. The molecule has 0 bridgehead atoms. The van der Waals surface area contributed by atoms with Crippen LogP contribution in [0.1, 0.15) is 71.0 Å². The van der Waals surface area contributed by atoms with Crippen molar-refractivity contribution in [1.82, 2.24) is 24.9 Å². The monoisotopic (exact) mass is 685 g/mol. The summed E-state index contributed by atoms with van der Waals surface area (Å²) in [4.78, 5) is 56.4. The molecule has 4 saturated heterocycles. The van der Waals surface area contributed by atoms with Crippen molar-refractivity contribution in [2.24, 2.45) is 12.5 Å². The Labute approximate surface area is 291 Å². The van der Waals surface area contributed by atoms with E-state index in [-0.39, 0.29) is 51.6 Å². The lowest BCUT2D eigenvalue weighted by atomic mass is 9.71. The first-order valence-corrected chi connectivity index (χ1v) is 17.6. The molecule has 1 unspecified atom stereocenters. The third kappa shape index (κ3) is 6.70. The number of nitrogens with one attached hydrogen (secondary N) is 2. The normalized spacial score (nSPS) is 24.0. The first kappa shape index (κ1) is 33.3. The summed E-state index contributed by atoms with van der Waals surface area (Å²) in [6, 6.07) is 14.5. The molecule has 0 aliphatic carbocycles. The Hall–Kier alpha value is -4.22. The summed E-state index contributed by atoms with van der Waals surface area (Å²) in [6.07, 6.45) is 5.37. The Morgan fingerprint density at radius 3 is 2.45 bits per heavy atom. The van der Waals surface area contributed by atoms with Crippen LogP contribution < -0.4 is 21.1 Å². The van der Waals surface area contributed by atoms with Crippen molar-refractivity contribution in [1.29, 1.82) is 0 Å². The molecule has 3 atom stereocenters. The maximum atomic E-state index is 13.5. The Morgan fingerprint density at radius 1 is 1.02 bits per heavy atom. The van der Waals surface area contributed by atoms with Crippen LogP contribution in [0, 0.1) is 12.3 Å². The van der Waals surface area contributed by atoms with Gasteiger partial charge in [-0.3, -0.25) is 24.5 Å². The van der Waals surface area contributed by atoms with E-state index in [1.807, 2.05) is 30.0 Å². The zero-order valence-corrected chi connectivity index (χ0v) is 29.1. The van der Waals surface area contributed by atoms with E-state index in [1.54, 1.807) is 13.2 Å². The molecule has 0 saturated carbocycles. The predicted octanol–water partition coefficient (Wildman–Crippen LogP) is 3.90. The van der Waals surface area contributed by atoms with Crippen molar-refractivity contribution >= 4 is 40.7 Å². The third-order valence-corrected chi connectivity index (χ3v) is 11.5. The summed E-state index contributed by atoms with van der Waals surface area (Å²) < 4.78 is 1.23. The van der Waals surface area contributed by atoms with Gasteiger partial charge in [0.15, 0.2) is 0 Å². The number of carbonyl (C=O) groups is 3. The first-order valence-electron chi connectivity index (χ1n) is 17.2. The van der Waals surface area contributed by atoms with E-state index in [9.17, 15) is 19.2 Å². The average molecular weight is 686 g/mol. The molecule has 3 amide bonds. The molecule has 49 heavy (non-hydrogen) atoms. The van der Waals surface area contributed by atoms with Crippen molar-refractivity contribution < 1.29 is 14.4 Å². The number of benzene rings is 2. The van der Waals surface area contributed by atoms with E-state index in [0.29, 0.717) is 18.5 Å². The van der Waals surface area contributed by atoms with Crippen LogP contribution in [0.25, 0.3) is 0 Å². The highest BCUT2D eigenvalue weighted by Crippen LogP contribution is 2.43. The molecule has 12 heteroatoms. The smallest absolute Gasteiger partial charge is 0.287 e. The van der Waals surface area contributed by atoms with Crippen LogP contribution >= 0.6 is 11.6 Å². The van der Waals surface area contributed by atoms with Crippen LogP contribution in [0.5, 0.6) is 0 Å². The van der Waals surface area contributed by atoms with Crippen molar-refractivity contribution in [2.45, 2.75) is 56.9 Å². The number of carbonyl (C=O) groups excluding carboxylic acids is 3. The SMILES string of the molecule is Cc1cc(N2CC3(CCN(C(=O)c4ccc([C@@H]5C[C@H](Nc6cnn(C)c(=O)c6Cl)CN(C)C5)cc4)CC3)C2)ccc1C1CCC(=O)NC1=O. The number of hydrogen-bond donors (Lipinski definition) is 2. The summed E-state index contributed by atoms with van der Waals surface area (Å²) in [5.74, 6) is -0.302. The fraction of sp³-hybridized carbons (Fsp3) is 0.486. The molecular formula is C37H44ClN7O4. The molecule has 2 aromatic carbocycles. The van der Waals surface area contributed by atoms with Crippen LogP contribution in [-0.2, 0) is 16.6 Å². The van der Waals surface area contributed by atoms with Crippen molar-refractivity contribution in [3.63, 3.8) is 0 Å². The molecule has 4 aliphatic heterocycles. The van der Waals surface area contributed by atoms with Gasteiger partial charge in [0.2, 0.25) is 11.8 Å². The van der Waals surface area contributed by atoms with Crippen molar-refractivity contribution in [3.8, 4) is 0 Å². The molecule has 3 aromatic rings. The second kappa shape index (κ2) is 13.2. The molecule has 2 N–H and O–H groups in total. The van der Waals surface area contributed by atoms with Gasteiger partial charge >= 0.3 is 0 Å². The number of aromatic nitrogens is 2. The predicted molar refractivity (Wildman–Crippen MR) is 189 cm³/mol. The van der Waals surface area contributed by atoms with E-state index in [2.05, 4.69) is 56.8 Å². The number of anilines is 2. The van der Waals surface area contributed by atoms with Gasteiger partial charge in [0.1, 0.15) is 5.02 Å². The molecular weight excluding hydrogens is 642 g/mol. The van der Waals surface area contributed by atoms with Gasteiger partial charge in [-0.1, -0.05) is 29.8 Å². The lowest BCUT2D eigenvalue weighted by Crippen LogP contribution is -2.61. The van der Waals surface area contributed by atoms with Gasteiger partial charge in [0.05, 0.1) is 17.8 Å². The Bertz CT molecular complexity index is 1830. The lowest BCUT2D eigenvalue weighted by molar-refractivity contribution is -0.134. The van der Waals surface area contributed by atoms with Gasteiger partial charge in [-0.2, -0.15) is 5.10 Å². The number of piperidine rings is 3. The number of rotatable bonds is 6. The molecule has 4 fully saturated rings. The number of nitrogens with zero attached hydrogens (tertiary/aromatic N) is 5. The number of aryl methyl sites for hydroxylation is 2. The molecule has 1 spiro atoms. The first-order chi connectivity index (χ1) is 23.5. The van der Waals surface area contributed by atoms with Gasteiger partial charge in [0.25, 0.3) is 11.5 Å². The highest BCUT2D eigenvalue weighted by Gasteiger charge is 2.45. The second-order valence-corrected chi connectivity index (χ2v) is 15.0. The molecule has 5 heterocycles. The topological polar surface area (TPSA) is 120 Å². The van der Waals surface area contributed by atoms with Crippen LogP contribution in [0.4, 0.5) is 11.4 Å². The molecule has 11 nitrogen and oxygen atoms in total. The van der Waals surface area contributed by atoms with Gasteiger partial charge in [-0.25, -0.2) is 4.68 Å². The van der Waals surface area contributed by atoms with Crippen LogP contribution in [0.3, 0.4) is 0 Å². The lowest BCUT2D eigenvalue weighted by Gasteiger charge is -2.55. The maximum absolute atomic E-state index is 13.5. The third-order valence-electron chi connectivity index (χ3n) is 11.1. The van der Waals surface area contributed by atoms with Gasteiger partial charge in [-0.05, 0) is 86.5 Å². The standard InChI is InChI=1S/C37H44ClN7O4/c1-23-16-28(8-9-29(23)30-10-11-32(46)41-34(30)47)45-21-37(22-45)12-14-44(15-13-37)35(48)25-6-4-24(5-7-25)26-17-27(20-42(2)19-26)40-31-18-39-43(3)36(49)33(31)38/h4-9,16,18,26-27,30,40H,10-15,17,19-22H2,1-3H3,(H,41,46,47)/t26-,27+,30?/m1/s1. The number of likely N-dealkylation sites (tertiary alicyclic amines) is 2. The van der Waals surface area contributed by atoms with Crippen molar-refractivity contribution in [3.05, 3.63) is 86.3 Å². The largest absolute Gasteiger partial charge is 0.378 e. The number of imide groups is 1. The number of amides is 3. The minimum absolute atomic E-state index is 0.0883. The molecule has 258 valence electrons. The fourth-order valence-electron chi connectivity index (χ4n) is 8.26. The average Bonchev–Trinajstić information content (AvgIpc) is 3.07. The Balaban J connectivity index is 0.917. The molecule has 4 aliphatic rings. The fourth-order valence-corrected chi connectivity index (χ4v) is 8.49. The highest BCUT2D eigenvalue weighted by atomic mass is 35.5. The highest BCUT2D eigenvalue weighted by molar-refractivity contribution is 6.32. The Kier molecular flexibility index (Phi) is 9.00. The summed E-state index contributed by atoms with van der Waals surface area (Å²) in [5, 5.41) is 10.2. The van der Waals surface area contributed by atoms with E-state index in [4.69, 9.17) is 11.6 Å². The van der Waals surface area contributed by atoms with Crippen LogP contribution in [0.15, 0.2) is 53.5 Å². The van der Waals surface area contributed by atoms with Gasteiger partial charge in [-0.15, -0.1) is 0 Å². The second-order valence-electron chi connectivity index (χ2n) is 14.6. The van der Waals surface area contributed by atoms with E-state index in [1.165, 1.54) is 10.2 Å². The quantitative estimate of drug-likeness (QED) is 0.375. The summed E-state index contributed by atoms with van der Waals surface area (Å²) in [5.41, 5.74) is 5.60. The Morgan fingerprint density at radius 2 is 1.76 bits per heavy atom. The molecule has 7 rings (SSSR count). The zero-order chi connectivity index (χ0) is 34.4. The summed E-state index contributed by atoms with van der Waals surface area (Å²) >= 11 is 6.31. The van der Waals surface area contributed by atoms with E-state index >= 15 is 0 Å². The minimum atomic E-state index is -0.322. The van der Waals surface area contributed by atoms with Gasteiger partial charge < -0.3 is 20.0 Å². The maximum Gasteiger partial charge on any atom is 0.287 e. The van der Waals surface area contributed by atoms with Crippen LogP contribution in [0.2, 0.25) is 5.02 Å². The van der Waals surface area contributed by atoms with E-state index < -0.39 is 0 Å². The minimum Gasteiger partial charge on any atom is -0.378 e. The molecule has 0 radical (unpaired) electrons. The number of hydrogen-bond acceptors (Lipinski definition) is 8. The van der Waals surface area contributed by atoms with Crippen LogP contribution in [-0.4, -0.2) is 89.7 Å².